The molecule has 1 unspecified atom stereocenters. The van der Waals surface area contributed by atoms with Gasteiger partial charge in [0.15, 0.2) is 6.61 Å². The minimum absolute atomic E-state index is 0.0959. The molecule has 1 aromatic rings. The van der Waals surface area contributed by atoms with Crippen LogP contribution in [0.2, 0.25) is 0 Å². The van der Waals surface area contributed by atoms with Gasteiger partial charge in [0, 0.05) is 13.1 Å². The minimum Gasteiger partial charge on any atom is -0.484 e. The number of carbonyl (C=O) groups excluding carboxylic acids is 1. The van der Waals surface area contributed by atoms with Gasteiger partial charge in [0.05, 0.1) is 5.25 Å². The van der Waals surface area contributed by atoms with E-state index in [2.05, 4.69) is 0 Å². The first kappa shape index (κ1) is 14.8. The number of nitrogens with two attached hydrogens (primary N) is 1. The molecule has 0 bridgehead atoms. The summed E-state index contributed by atoms with van der Waals surface area (Å²) in [5, 5.41) is 4.47. The molecule has 1 heterocycles. The first-order valence-electron chi connectivity index (χ1n) is 6.44. The average molecular weight is 298 g/mol. The van der Waals surface area contributed by atoms with Gasteiger partial charge >= 0.3 is 0 Å². The molecule has 0 aromatic heterocycles. The quantitative estimate of drug-likeness (QED) is 0.868. The van der Waals surface area contributed by atoms with Gasteiger partial charge in [-0.2, -0.15) is 0 Å². The predicted molar refractivity (Wildman–Crippen MR) is 74.6 cm³/mol. The fourth-order valence-electron chi connectivity index (χ4n) is 2.19. The molecule has 2 N–H and O–H groups in total. The molecule has 110 valence electrons. The maximum atomic E-state index is 12.0. The lowest BCUT2D eigenvalue weighted by molar-refractivity contribution is -0.134. The smallest absolute Gasteiger partial charge is 0.260 e. The van der Waals surface area contributed by atoms with Gasteiger partial charge in [-0.3, -0.25) is 4.79 Å². The third kappa shape index (κ3) is 3.94. The van der Waals surface area contributed by atoms with Crippen LogP contribution < -0.4 is 9.88 Å². The summed E-state index contributed by atoms with van der Waals surface area (Å²) in [5.41, 5.74) is 0. The highest BCUT2D eigenvalue weighted by Gasteiger charge is 2.30. The Morgan fingerprint density at radius 3 is 2.70 bits per heavy atom. The van der Waals surface area contributed by atoms with Crippen LogP contribution >= 0.6 is 0 Å². The number of para-hydroxylation sites is 1. The largest absolute Gasteiger partial charge is 0.484 e. The standard InChI is InChI=1S/C13H18N2O4S/c14-20(17,18)12-7-4-8-15(9-12)13(16)10-19-11-5-2-1-3-6-11/h1-3,5-6,12H,4,7-10H2,(H2,14,17,18). The Hall–Kier alpha value is -1.60. The van der Waals surface area contributed by atoms with Crippen LogP contribution in [0.25, 0.3) is 0 Å². The highest BCUT2D eigenvalue weighted by Crippen LogP contribution is 2.16. The van der Waals surface area contributed by atoms with E-state index in [0.29, 0.717) is 25.1 Å². The van der Waals surface area contributed by atoms with Gasteiger partial charge < -0.3 is 9.64 Å². The fourth-order valence-corrected chi connectivity index (χ4v) is 3.07. The molecule has 1 saturated heterocycles. The normalized spacial score (nSPS) is 19.6. The molecule has 1 amide bonds. The molecule has 1 aliphatic rings. The number of piperidine rings is 1. The molecule has 0 spiro atoms. The van der Waals surface area contributed by atoms with E-state index in [4.69, 9.17) is 9.88 Å². The maximum absolute atomic E-state index is 12.0. The second kappa shape index (κ2) is 6.23. The Morgan fingerprint density at radius 1 is 1.35 bits per heavy atom. The van der Waals surface area contributed by atoms with E-state index in [1.165, 1.54) is 4.90 Å². The number of nitrogens with zero attached hydrogens (tertiary/aromatic N) is 1. The highest BCUT2D eigenvalue weighted by molar-refractivity contribution is 7.89. The zero-order valence-corrected chi connectivity index (χ0v) is 11.9. The van der Waals surface area contributed by atoms with Crippen LogP contribution in [0.15, 0.2) is 30.3 Å². The fraction of sp³-hybridized carbons (Fsp3) is 0.462. The minimum atomic E-state index is -3.59. The van der Waals surface area contributed by atoms with Gasteiger partial charge in [-0.15, -0.1) is 0 Å². The van der Waals surface area contributed by atoms with Crippen molar-refractivity contribution in [2.45, 2.75) is 18.1 Å². The maximum Gasteiger partial charge on any atom is 0.260 e. The molecule has 2 rings (SSSR count). The van der Waals surface area contributed by atoms with E-state index in [1.807, 2.05) is 18.2 Å². The van der Waals surface area contributed by atoms with E-state index in [0.717, 1.165) is 0 Å². The zero-order valence-electron chi connectivity index (χ0n) is 11.1. The van der Waals surface area contributed by atoms with E-state index in [-0.39, 0.29) is 19.1 Å². The third-order valence-corrected chi connectivity index (χ3v) is 4.61. The third-order valence-electron chi connectivity index (χ3n) is 3.30. The van der Waals surface area contributed by atoms with E-state index < -0.39 is 15.3 Å². The molecular weight excluding hydrogens is 280 g/mol. The number of carbonyl (C=O) groups is 1. The number of amides is 1. The molecule has 7 heteroatoms. The number of rotatable bonds is 4. The van der Waals surface area contributed by atoms with Crippen LogP contribution in [0.5, 0.6) is 5.75 Å². The van der Waals surface area contributed by atoms with Gasteiger partial charge in [-0.05, 0) is 25.0 Å². The van der Waals surface area contributed by atoms with E-state index >= 15 is 0 Å². The van der Waals surface area contributed by atoms with Crippen LogP contribution in [-0.4, -0.2) is 44.2 Å². The predicted octanol–water partition coefficient (Wildman–Crippen LogP) is 0.345. The molecule has 1 atom stereocenters. The van der Waals surface area contributed by atoms with Crippen molar-refractivity contribution in [1.29, 1.82) is 0 Å². The van der Waals surface area contributed by atoms with Gasteiger partial charge in [-0.25, -0.2) is 13.6 Å². The summed E-state index contributed by atoms with van der Waals surface area (Å²) in [6, 6.07) is 9.01. The topological polar surface area (TPSA) is 89.7 Å². The van der Waals surface area contributed by atoms with Crippen LogP contribution in [0, 0.1) is 0 Å². The lowest BCUT2D eigenvalue weighted by Gasteiger charge is -2.31. The number of likely N-dealkylation sites (tertiary alicyclic amines) is 1. The molecule has 0 saturated carbocycles. The first-order chi connectivity index (χ1) is 9.47. The molecule has 1 fully saturated rings. The second-order valence-corrected chi connectivity index (χ2v) is 6.64. The summed E-state index contributed by atoms with van der Waals surface area (Å²) < 4.78 is 28.1. The lowest BCUT2D eigenvalue weighted by Crippen LogP contribution is -2.48. The van der Waals surface area contributed by atoms with Crippen molar-refractivity contribution >= 4 is 15.9 Å². The van der Waals surface area contributed by atoms with E-state index in [1.54, 1.807) is 12.1 Å². The number of benzene rings is 1. The van der Waals surface area contributed by atoms with Crippen molar-refractivity contribution in [3.05, 3.63) is 30.3 Å². The van der Waals surface area contributed by atoms with Gasteiger partial charge in [0.25, 0.3) is 5.91 Å². The second-order valence-electron chi connectivity index (χ2n) is 4.79. The van der Waals surface area contributed by atoms with Crippen LogP contribution in [0.4, 0.5) is 0 Å². The van der Waals surface area contributed by atoms with Crippen LogP contribution in [0.3, 0.4) is 0 Å². The van der Waals surface area contributed by atoms with Gasteiger partial charge in [0.1, 0.15) is 5.75 Å². The Balaban J connectivity index is 1.89. The monoisotopic (exact) mass is 298 g/mol. The number of hydrogen-bond acceptors (Lipinski definition) is 4. The van der Waals surface area contributed by atoms with Gasteiger partial charge in [-0.1, -0.05) is 18.2 Å². The van der Waals surface area contributed by atoms with Crippen molar-refractivity contribution in [1.82, 2.24) is 4.90 Å². The van der Waals surface area contributed by atoms with Crippen molar-refractivity contribution in [2.24, 2.45) is 5.14 Å². The Bertz CT molecular complexity index is 559. The van der Waals surface area contributed by atoms with Crippen molar-refractivity contribution < 1.29 is 17.9 Å². The molecule has 0 aliphatic carbocycles. The summed E-state index contributed by atoms with van der Waals surface area (Å²) in [7, 11) is -3.59. The summed E-state index contributed by atoms with van der Waals surface area (Å²) >= 11 is 0. The van der Waals surface area contributed by atoms with Crippen molar-refractivity contribution in [3.8, 4) is 5.75 Å². The molecule has 6 nitrogen and oxygen atoms in total. The summed E-state index contributed by atoms with van der Waals surface area (Å²) in [6.45, 7) is 0.597. The molecule has 1 aliphatic heterocycles. The number of primary sulfonamides is 1. The lowest BCUT2D eigenvalue weighted by atomic mass is 10.1. The number of hydrogen-bond donors (Lipinski definition) is 1. The molecule has 0 radical (unpaired) electrons. The highest BCUT2D eigenvalue weighted by atomic mass is 32.2. The van der Waals surface area contributed by atoms with Crippen molar-refractivity contribution in [2.75, 3.05) is 19.7 Å². The SMILES string of the molecule is NS(=O)(=O)C1CCCN(C(=O)COc2ccccc2)C1. The Labute approximate surface area is 118 Å². The zero-order chi connectivity index (χ0) is 14.6. The van der Waals surface area contributed by atoms with Gasteiger partial charge in [0.2, 0.25) is 10.0 Å². The average Bonchev–Trinajstić information content (AvgIpc) is 2.45. The van der Waals surface area contributed by atoms with Crippen molar-refractivity contribution in [3.63, 3.8) is 0 Å². The van der Waals surface area contributed by atoms with Crippen LogP contribution in [0.1, 0.15) is 12.8 Å². The molecular formula is C13H18N2O4S. The van der Waals surface area contributed by atoms with Crippen LogP contribution in [-0.2, 0) is 14.8 Å². The first-order valence-corrected chi connectivity index (χ1v) is 8.05. The summed E-state index contributed by atoms with van der Waals surface area (Å²) in [5.74, 6) is 0.392. The summed E-state index contributed by atoms with van der Waals surface area (Å²) in [6.07, 6.45) is 1.14. The number of sulfonamides is 1. The number of ether oxygens (including phenoxy) is 1. The molecule has 1 aromatic carbocycles. The van der Waals surface area contributed by atoms with E-state index in [9.17, 15) is 13.2 Å². The Kier molecular flexibility index (Phi) is 4.61. The Morgan fingerprint density at radius 2 is 2.05 bits per heavy atom. The molecule has 20 heavy (non-hydrogen) atoms. The summed E-state index contributed by atoms with van der Waals surface area (Å²) in [4.78, 5) is 13.5.